The monoisotopic (exact) mass is 186 g/mol. The first-order valence-electron chi connectivity index (χ1n) is 4.98. The van der Waals surface area contributed by atoms with Crippen molar-refractivity contribution < 1.29 is 10.2 Å². The Kier molecular flexibility index (Phi) is 6.92. The van der Waals surface area contributed by atoms with Crippen molar-refractivity contribution in [2.75, 3.05) is 6.61 Å². The molecular weight excluding hydrogens is 164 g/mol. The average Bonchev–Trinajstić information content (AvgIpc) is 2.03. The SMILES string of the molecule is CC(C)=CCC[C@@H](C)C[C@@H](O)CO. The Hall–Kier alpha value is -0.340. The Labute approximate surface area is 81.3 Å². The van der Waals surface area contributed by atoms with E-state index < -0.39 is 6.10 Å². The largest absolute Gasteiger partial charge is 0.394 e. The van der Waals surface area contributed by atoms with Crippen molar-refractivity contribution in [3.8, 4) is 0 Å². The Morgan fingerprint density at radius 3 is 2.46 bits per heavy atom. The number of aliphatic hydroxyl groups excluding tert-OH is 2. The fraction of sp³-hybridized carbons (Fsp3) is 0.818. The lowest BCUT2D eigenvalue weighted by atomic mass is 9.98. The summed E-state index contributed by atoms with van der Waals surface area (Å²) in [6.45, 7) is 6.17. The van der Waals surface area contributed by atoms with Gasteiger partial charge in [-0.15, -0.1) is 0 Å². The summed E-state index contributed by atoms with van der Waals surface area (Å²) in [5, 5.41) is 17.8. The highest BCUT2D eigenvalue weighted by Crippen LogP contribution is 2.13. The predicted octanol–water partition coefficient (Wildman–Crippen LogP) is 2.11. The quantitative estimate of drug-likeness (QED) is 0.624. The molecule has 2 heteroatoms. The summed E-state index contributed by atoms with van der Waals surface area (Å²) >= 11 is 0. The van der Waals surface area contributed by atoms with Gasteiger partial charge in [0.2, 0.25) is 0 Å². The van der Waals surface area contributed by atoms with Crippen LogP contribution in [-0.4, -0.2) is 22.9 Å². The molecule has 0 aromatic rings. The van der Waals surface area contributed by atoms with Gasteiger partial charge in [0, 0.05) is 0 Å². The molecule has 0 unspecified atom stereocenters. The smallest absolute Gasteiger partial charge is 0.0773 e. The van der Waals surface area contributed by atoms with Crippen LogP contribution in [0.15, 0.2) is 11.6 Å². The van der Waals surface area contributed by atoms with Crippen LogP contribution in [0.2, 0.25) is 0 Å². The summed E-state index contributed by atoms with van der Waals surface area (Å²) < 4.78 is 0. The number of hydrogen-bond acceptors (Lipinski definition) is 2. The molecule has 0 aromatic carbocycles. The third kappa shape index (κ3) is 8.00. The second-order valence-electron chi connectivity index (χ2n) is 4.04. The highest BCUT2D eigenvalue weighted by molar-refractivity contribution is 4.92. The lowest BCUT2D eigenvalue weighted by Gasteiger charge is -2.13. The highest BCUT2D eigenvalue weighted by atomic mass is 16.3. The summed E-state index contributed by atoms with van der Waals surface area (Å²) in [5.74, 6) is 0.484. The highest BCUT2D eigenvalue weighted by Gasteiger charge is 2.07. The first-order valence-corrected chi connectivity index (χ1v) is 4.98. The van der Waals surface area contributed by atoms with Gasteiger partial charge in [-0.25, -0.2) is 0 Å². The zero-order valence-electron chi connectivity index (χ0n) is 8.95. The van der Waals surface area contributed by atoms with Crippen LogP contribution in [0, 0.1) is 5.92 Å². The summed E-state index contributed by atoms with van der Waals surface area (Å²) in [7, 11) is 0. The van der Waals surface area contributed by atoms with Gasteiger partial charge in [0.25, 0.3) is 0 Å². The van der Waals surface area contributed by atoms with Gasteiger partial charge in [-0.05, 0) is 39.0 Å². The van der Waals surface area contributed by atoms with Crippen molar-refractivity contribution in [3.05, 3.63) is 11.6 Å². The molecule has 2 atom stereocenters. The van der Waals surface area contributed by atoms with E-state index in [1.54, 1.807) is 0 Å². The number of aliphatic hydroxyl groups is 2. The van der Waals surface area contributed by atoms with Gasteiger partial charge < -0.3 is 10.2 Å². The van der Waals surface area contributed by atoms with Crippen LogP contribution >= 0.6 is 0 Å². The maximum atomic E-state index is 9.17. The molecule has 0 aliphatic rings. The van der Waals surface area contributed by atoms with Crippen molar-refractivity contribution in [2.45, 2.75) is 46.1 Å². The van der Waals surface area contributed by atoms with E-state index in [1.165, 1.54) is 5.57 Å². The first kappa shape index (κ1) is 12.7. The zero-order chi connectivity index (χ0) is 10.3. The molecule has 0 aliphatic carbocycles. The van der Waals surface area contributed by atoms with Crippen LogP contribution in [-0.2, 0) is 0 Å². The number of hydrogen-bond donors (Lipinski definition) is 2. The fourth-order valence-corrected chi connectivity index (χ4v) is 1.31. The second-order valence-corrected chi connectivity index (χ2v) is 4.04. The maximum absolute atomic E-state index is 9.17. The van der Waals surface area contributed by atoms with E-state index >= 15 is 0 Å². The summed E-state index contributed by atoms with van der Waals surface area (Å²) in [6.07, 6.45) is 4.53. The lowest BCUT2D eigenvalue weighted by Crippen LogP contribution is -2.15. The van der Waals surface area contributed by atoms with Crippen LogP contribution in [0.25, 0.3) is 0 Å². The lowest BCUT2D eigenvalue weighted by molar-refractivity contribution is 0.0752. The minimum atomic E-state index is -0.540. The predicted molar refractivity (Wildman–Crippen MR) is 55.5 cm³/mol. The number of allylic oxidation sites excluding steroid dienone is 2. The van der Waals surface area contributed by atoms with Gasteiger partial charge in [0.05, 0.1) is 12.7 Å². The second kappa shape index (κ2) is 7.10. The fourth-order valence-electron chi connectivity index (χ4n) is 1.31. The van der Waals surface area contributed by atoms with Crippen LogP contribution < -0.4 is 0 Å². The van der Waals surface area contributed by atoms with Crippen molar-refractivity contribution in [1.82, 2.24) is 0 Å². The van der Waals surface area contributed by atoms with Crippen LogP contribution in [0.1, 0.15) is 40.0 Å². The summed E-state index contributed by atoms with van der Waals surface area (Å²) in [4.78, 5) is 0. The molecule has 0 radical (unpaired) electrons. The molecule has 13 heavy (non-hydrogen) atoms. The molecule has 0 heterocycles. The molecule has 2 N–H and O–H groups in total. The van der Waals surface area contributed by atoms with Crippen LogP contribution in [0.3, 0.4) is 0 Å². The summed E-state index contributed by atoms with van der Waals surface area (Å²) in [5.41, 5.74) is 1.34. The molecule has 0 bridgehead atoms. The topological polar surface area (TPSA) is 40.5 Å². The minimum Gasteiger partial charge on any atom is -0.394 e. The van der Waals surface area contributed by atoms with Crippen molar-refractivity contribution in [3.63, 3.8) is 0 Å². The first-order chi connectivity index (χ1) is 6.06. The molecule has 0 saturated heterocycles. The molecule has 0 aromatic heterocycles. The Morgan fingerprint density at radius 1 is 1.38 bits per heavy atom. The zero-order valence-corrected chi connectivity index (χ0v) is 8.95. The van der Waals surface area contributed by atoms with Crippen LogP contribution in [0.5, 0.6) is 0 Å². The van der Waals surface area contributed by atoms with E-state index in [2.05, 4.69) is 26.8 Å². The molecule has 0 rings (SSSR count). The van der Waals surface area contributed by atoms with Gasteiger partial charge in [0.1, 0.15) is 0 Å². The maximum Gasteiger partial charge on any atom is 0.0773 e. The minimum absolute atomic E-state index is 0.118. The Morgan fingerprint density at radius 2 is 2.00 bits per heavy atom. The van der Waals surface area contributed by atoms with E-state index in [4.69, 9.17) is 5.11 Å². The molecule has 0 fully saturated rings. The van der Waals surface area contributed by atoms with Crippen molar-refractivity contribution >= 4 is 0 Å². The molecule has 78 valence electrons. The van der Waals surface area contributed by atoms with Crippen LogP contribution in [0.4, 0.5) is 0 Å². The molecule has 0 spiro atoms. The number of rotatable bonds is 6. The van der Waals surface area contributed by atoms with Gasteiger partial charge in [-0.1, -0.05) is 18.6 Å². The average molecular weight is 186 g/mol. The third-order valence-electron chi connectivity index (χ3n) is 2.10. The molecule has 0 amide bonds. The third-order valence-corrected chi connectivity index (χ3v) is 2.10. The van der Waals surface area contributed by atoms with E-state index in [1.807, 2.05) is 0 Å². The van der Waals surface area contributed by atoms with Gasteiger partial charge in [-0.3, -0.25) is 0 Å². The molecule has 0 saturated carbocycles. The van der Waals surface area contributed by atoms with Crippen molar-refractivity contribution in [2.24, 2.45) is 5.92 Å². The van der Waals surface area contributed by atoms with Crippen molar-refractivity contribution in [1.29, 1.82) is 0 Å². The van der Waals surface area contributed by atoms with Gasteiger partial charge in [-0.2, -0.15) is 0 Å². The van der Waals surface area contributed by atoms with E-state index in [0.717, 1.165) is 12.8 Å². The Balaban J connectivity index is 3.51. The summed E-state index contributed by atoms with van der Waals surface area (Å²) in [6, 6.07) is 0. The van der Waals surface area contributed by atoms with E-state index in [0.29, 0.717) is 12.3 Å². The molecular formula is C11H22O2. The van der Waals surface area contributed by atoms with Gasteiger partial charge in [0.15, 0.2) is 0 Å². The molecule has 2 nitrogen and oxygen atoms in total. The standard InChI is InChI=1S/C11H22O2/c1-9(2)5-4-6-10(3)7-11(13)8-12/h5,10-13H,4,6-8H2,1-3H3/t10-,11-/m1/s1. The Bertz CT molecular complexity index is 148. The van der Waals surface area contributed by atoms with E-state index in [-0.39, 0.29) is 6.61 Å². The molecule has 0 aliphatic heterocycles. The normalized spacial score (nSPS) is 15.2. The van der Waals surface area contributed by atoms with Gasteiger partial charge >= 0.3 is 0 Å². The van der Waals surface area contributed by atoms with E-state index in [9.17, 15) is 5.11 Å².